The Balaban J connectivity index is 2.13. The normalized spacial score (nSPS) is 19.2. The van der Waals surface area contributed by atoms with Crippen LogP contribution in [0, 0.1) is 31.1 Å². The van der Waals surface area contributed by atoms with Gasteiger partial charge < -0.3 is 10.0 Å². The minimum absolute atomic E-state index is 0.0233. The highest BCUT2D eigenvalue weighted by atomic mass is 16.3. The van der Waals surface area contributed by atoms with Crippen molar-refractivity contribution >= 4 is 11.6 Å². The molecule has 0 spiro atoms. The first-order valence-electron chi connectivity index (χ1n) is 9.08. The number of carbonyl (C=O) groups is 1. The van der Waals surface area contributed by atoms with Gasteiger partial charge in [0.1, 0.15) is 0 Å². The molecule has 1 aliphatic rings. The van der Waals surface area contributed by atoms with E-state index in [1.165, 1.54) is 0 Å². The van der Waals surface area contributed by atoms with Crippen LogP contribution in [0.5, 0.6) is 0 Å². The number of likely N-dealkylation sites (tertiary alicyclic amines) is 1. The molecule has 0 aromatic heterocycles. The number of benzene rings is 1. The summed E-state index contributed by atoms with van der Waals surface area (Å²) in [6, 6.07) is 8.08. The SMILES string of the molecule is Cc1cccc(N(CCC#N)C(=O)CN2CCCC(C(C)O)C2)c1C. The number of anilines is 1. The van der Waals surface area contributed by atoms with Gasteiger partial charge in [0.15, 0.2) is 0 Å². The monoisotopic (exact) mass is 343 g/mol. The minimum atomic E-state index is -0.341. The van der Waals surface area contributed by atoms with Crippen LogP contribution in [0.4, 0.5) is 5.69 Å². The van der Waals surface area contributed by atoms with Crippen LogP contribution in [0.25, 0.3) is 0 Å². The van der Waals surface area contributed by atoms with Gasteiger partial charge in [-0.2, -0.15) is 5.26 Å². The van der Waals surface area contributed by atoms with Gasteiger partial charge in [-0.3, -0.25) is 9.69 Å². The molecule has 1 aromatic rings. The number of hydrogen-bond acceptors (Lipinski definition) is 4. The summed E-state index contributed by atoms with van der Waals surface area (Å²) >= 11 is 0. The Morgan fingerprint density at radius 2 is 2.24 bits per heavy atom. The van der Waals surface area contributed by atoms with Crippen molar-refractivity contribution in [2.45, 2.75) is 46.1 Å². The number of nitrogens with zero attached hydrogens (tertiary/aromatic N) is 3. The lowest BCUT2D eigenvalue weighted by Gasteiger charge is -2.35. The maximum Gasteiger partial charge on any atom is 0.241 e. The molecule has 1 aromatic carbocycles. The van der Waals surface area contributed by atoms with E-state index < -0.39 is 0 Å². The number of carbonyl (C=O) groups excluding carboxylic acids is 1. The molecule has 1 fully saturated rings. The van der Waals surface area contributed by atoms with Crippen LogP contribution in [-0.2, 0) is 4.79 Å². The van der Waals surface area contributed by atoms with Gasteiger partial charge in [-0.05, 0) is 63.3 Å². The number of rotatable bonds is 6. The lowest BCUT2D eigenvalue weighted by atomic mass is 9.93. The van der Waals surface area contributed by atoms with Crippen LogP contribution >= 0.6 is 0 Å². The molecule has 1 amide bonds. The molecule has 1 N–H and O–H groups in total. The number of nitriles is 1. The lowest BCUT2D eigenvalue weighted by molar-refractivity contribution is -0.120. The molecule has 136 valence electrons. The first-order chi connectivity index (χ1) is 11.9. The molecule has 0 radical (unpaired) electrons. The van der Waals surface area contributed by atoms with Crippen LogP contribution < -0.4 is 4.90 Å². The zero-order chi connectivity index (χ0) is 18.4. The minimum Gasteiger partial charge on any atom is -0.393 e. The zero-order valence-electron chi connectivity index (χ0n) is 15.5. The average molecular weight is 343 g/mol. The number of hydrogen-bond donors (Lipinski definition) is 1. The Hall–Kier alpha value is -1.90. The largest absolute Gasteiger partial charge is 0.393 e. The molecular formula is C20H29N3O2. The van der Waals surface area contributed by atoms with Crippen molar-refractivity contribution in [1.29, 1.82) is 5.26 Å². The van der Waals surface area contributed by atoms with E-state index in [0.717, 1.165) is 42.7 Å². The van der Waals surface area contributed by atoms with Crippen LogP contribution in [0.2, 0.25) is 0 Å². The Labute approximate surface area is 150 Å². The van der Waals surface area contributed by atoms with E-state index in [-0.39, 0.29) is 17.9 Å². The number of aliphatic hydroxyl groups is 1. The van der Waals surface area contributed by atoms with Crippen LogP contribution in [0.3, 0.4) is 0 Å². The van der Waals surface area contributed by atoms with Crippen LogP contribution in [-0.4, -0.2) is 48.2 Å². The van der Waals surface area contributed by atoms with E-state index in [9.17, 15) is 9.90 Å². The quantitative estimate of drug-likeness (QED) is 0.862. The molecule has 1 heterocycles. The summed E-state index contributed by atoms with van der Waals surface area (Å²) in [4.78, 5) is 16.9. The lowest BCUT2D eigenvalue weighted by Crippen LogP contribution is -2.46. The Morgan fingerprint density at radius 3 is 2.92 bits per heavy atom. The summed E-state index contributed by atoms with van der Waals surface area (Å²) in [6.07, 6.45) is 1.99. The van der Waals surface area contributed by atoms with Crippen molar-refractivity contribution in [2.24, 2.45) is 5.92 Å². The third-order valence-corrected chi connectivity index (χ3v) is 5.20. The van der Waals surface area contributed by atoms with Gasteiger partial charge in [-0.15, -0.1) is 0 Å². The van der Waals surface area contributed by atoms with Gasteiger partial charge in [0.2, 0.25) is 5.91 Å². The Morgan fingerprint density at radius 1 is 1.48 bits per heavy atom. The number of aliphatic hydroxyl groups excluding tert-OH is 1. The predicted octanol–water partition coefficient (Wildman–Crippen LogP) is 2.64. The van der Waals surface area contributed by atoms with E-state index in [2.05, 4.69) is 11.0 Å². The number of amides is 1. The summed E-state index contributed by atoms with van der Waals surface area (Å²) in [5.41, 5.74) is 3.11. The van der Waals surface area contributed by atoms with Crippen molar-refractivity contribution in [3.63, 3.8) is 0 Å². The molecular weight excluding hydrogens is 314 g/mol. The van der Waals surface area contributed by atoms with Gasteiger partial charge in [0.25, 0.3) is 0 Å². The second-order valence-electron chi connectivity index (χ2n) is 7.05. The maximum absolute atomic E-state index is 13.0. The van der Waals surface area contributed by atoms with E-state index in [1.54, 1.807) is 4.90 Å². The fraction of sp³-hybridized carbons (Fsp3) is 0.600. The molecule has 2 atom stereocenters. The molecule has 1 saturated heterocycles. The predicted molar refractivity (Wildman–Crippen MR) is 99.3 cm³/mol. The standard InChI is InChI=1S/C20H29N3O2/c1-15-7-4-9-19(16(15)2)23(12-6-10-21)20(25)14-22-11-5-8-18(13-22)17(3)24/h4,7,9,17-18,24H,5-6,8,11-14H2,1-3H3. The van der Waals surface area contributed by atoms with Crippen LogP contribution in [0.15, 0.2) is 18.2 Å². The maximum atomic E-state index is 13.0. The second-order valence-corrected chi connectivity index (χ2v) is 7.05. The number of piperidine rings is 1. The Kier molecular flexibility index (Phi) is 6.98. The summed E-state index contributed by atoms with van der Waals surface area (Å²) in [5.74, 6) is 0.255. The summed E-state index contributed by atoms with van der Waals surface area (Å²) in [6.45, 7) is 8.25. The molecule has 2 rings (SSSR count). The molecule has 25 heavy (non-hydrogen) atoms. The fourth-order valence-corrected chi connectivity index (χ4v) is 3.47. The van der Waals surface area contributed by atoms with E-state index in [4.69, 9.17) is 5.26 Å². The highest BCUT2D eigenvalue weighted by Gasteiger charge is 2.27. The van der Waals surface area contributed by atoms with E-state index in [1.807, 2.05) is 39.0 Å². The van der Waals surface area contributed by atoms with Crippen molar-refractivity contribution in [3.05, 3.63) is 29.3 Å². The molecule has 0 saturated carbocycles. The topological polar surface area (TPSA) is 67.6 Å². The summed E-state index contributed by atoms with van der Waals surface area (Å²) < 4.78 is 0. The summed E-state index contributed by atoms with van der Waals surface area (Å²) in [7, 11) is 0. The van der Waals surface area contributed by atoms with Crippen molar-refractivity contribution in [3.8, 4) is 6.07 Å². The molecule has 2 unspecified atom stereocenters. The molecule has 5 nitrogen and oxygen atoms in total. The van der Waals surface area contributed by atoms with E-state index in [0.29, 0.717) is 19.5 Å². The third kappa shape index (κ3) is 5.04. The average Bonchev–Trinajstić information content (AvgIpc) is 2.59. The second kappa shape index (κ2) is 8.98. The van der Waals surface area contributed by atoms with Crippen LogP contribution in [0.1, 0.15) is 37.3 Å². The summed E-state index contributed by atoms with van der Waals surface area (Å²) in [5, 5.41) is 18.8. The highest BCUT2D eigenvalue weighted by molar-refractivity contribution is 5.95. The Bertz CT molecular complexity index is 636. The first-order valence-corrected chi connectivity index (χ1v) is 9.08. The van der Waals surface area contributed by atoms with Gasteiger partial charge >= 0.3 is 0 Å². The van der Waals surface area contributed by atoms with E-state index >= 15 is 0 Å². The third-order valence-electron chi connectivity index (χ3n) is 5.20. The van der Waals surface area contributed by atoms with Crippen molar-refractivity contribution in [2.75, 3.05) is 31.1 Å². The smallest absolute Gasteiger partial charge is 0.241 e. The molecule has 1 aliphatic heterocycles. The molecule has 0 aliphatic carbocycles. The van der Waals surface area contributed by atoms with Crippen molar-refractivity contribution < 1.29 is 9.90 Å². The van der Waals surface area contributed by atoms with Gasteiger partial charge in [0.05, 0.1) is 25.1 Å². The van der Waals surface area contributed by atoms with Gasteiger partial charge in [-0.25, -0.2) is 0 Å². The molecule has 5 heteroatoms. The first kappa shape index (κ1) is 19.4. The fourth-order valence-electron chi connectivity index (χ4n) is 3.47. The number of aryl methyl sites for hydroxylation is 1. The van der Waals surface area contributed by atoms with Gasteiger partial charge in [-0.1, -0.05) is 12.1 Å². The molecule has 0 bridgehead atoms. The zero-order valence-corrected chi connectivity index (χ0v) is 15.5. The van der Waals surface area contributed by atoms with Gasteiger partial charge in [0, 0.05) is 18.8 Å². The highest BCUT2D eigenvalue weighted by Crippen LogP contribution is 2.24. The van der Waals surface area contributed by atoms with Crippen molar-refractivity contribution in [1.82, 2.24) is 4.90 Å².